The van der Waals surface area contributed by atoms with Crippen molar-refractivity contribution in [2.75, 3.05) is 12.0 Å². The number of nitro groups is 1. The minimum Gasteiger partial charge on any atom is -0.497 e. The summed E-state index contributed by atoms with van der Waals surface area (Å²) in [7, 11) is 1.46. The smallest absolute Gasteiger partial charge is 0.335 e. The molecule has 0 atom stereocenters. The van der Waals surface area contributed by atoms with Gasteiger partial charge in [0.15, 0.2) is 0 Å². The molecule has 0 aliphatic carbocycles. The zero-order valence-electron chi connectivity index (χ0n) is 18.8. The Morgan fingerprint density at radius 3 is 2.50 bits per heavy atom. The summed E-state index contributed by atoms with van der Waals surface area (Å²) in [4.78, 5) is 49.3. The number of anilines is 1. The molecule has 11 heteroatoms. The molecule has 0 saturated carbocycles. The lowest BCUT2D eigenvalue weighted by Gasteiger charge is -2.26. The predicted molar refractivity (Wildman–Crippen MR) is 126 cm³/mol. The van der Waals surface area contributed by atoms with E-state index in [1.165, 1.54) is 43.5 Å². The largest absolute Gasteiger partial charge is 0.497 e. The topological polar surface area (TPSA) is 128 Å². The van der Waals surface area contributed by atoms with Gasteiger partial charge in [0.05, 0.1) is 17.7 Å². The van der Waals surface area contributed by atoms with Crippen molar-refractivity contribution in [3.8, 4) is 11.5 Å². The van der Waals surface area contributed by atoms with E-state index in [9.17, 15) is 28.9 Å². The van der Waals surface area contributed by atoms with E-state index in [4.69, 9.17) is 9.47 Å². The van der Waals surface area contributed by atoms with Crippen molar-refractivity contribution in [2.45, 2.75) is 6.61 Å². The van der Waals surface area contributed by atoms with Crippen LogP contribution in [-0.4, -0.2) is 29.9 Å². The number of nitrogens with zero attached hydrogens (tertiary/aromatic N) is 2. The number of hydrogen-bond acceptors (Lipinski definition) is 7. The van der Waals surface area contributed by atoms with Crippen LogP contribution in [0.3, 0.4) is 0 Å². The number of ether oxygens (including phenoxy) is 2. The molecule has 1 heterocycles. The van der Waals surface area contributed by atoms with Crippen molar-refractivity contribution in [1.82, 2.24) is 5.32 Å². The number of rotatable bonds is 7. The molecule has 0 spiro atoms. The maximum absolute atomic E-state index is 13.2. The van der Waals surface area contributed by atoms with Gasteiger partial charge in [0.1, 0.15) is 29.5 Å². The van der Waals surface area contributed by atoms with Crippen LogP contribution < -0.4 is 19.7 Å². The van der Waals surface area contributed by atoms with E-state index in [0.717, 1.165) is 6.07 Å². The highest BCUT2D eigenvalue weighted by Crippen LogP contribution is 2.30. The number of nitro benzene ring substituents is 1. The van der Waals surface area contributed by atoms with E-state index in [1.54, 1.807) is 30.3 Å². The molecular formula is C25H18FN3O7. The number of barbiturate groups is 1. The number of carbonyl (C=O) groups excluding carboxylic acids is 3. The second-order valence-electron chi connectivity index (χ2n) is 7.55. The summed E-state index contributed by atoms with van der Waals surface area (Å²) < 4.78 is 24.3. The first-order chi connectivity index (χ1) is 17.3. The Morgan fingerprint density at radius 1 is 1.06 bits per heavy atom. The van der Waals surface area contributed by atoms with Crippen molar-refractivity contribution in [3.63, 3.8) is 0 Å². The van der Waals surface area contributed by atoms with Crippen LogP contribution in [-0.2, 0) is 16.2 Å². The number of non-ortho nitro benzene ring substituents is 1. The molecular weight excluding hydrogens is 473 g/mol. The third kappa shape index (κ3) is 5.04. The van der Waals surface area contributed by atoms with Gasteiger partial charge in [-0.1, -0.05) is 18.2 Å². The Morgan fingerprint density at radius 2 is 1.81 bits per heavy atom. The Kier molecular flexibility index (Phi) is 6.72. The molecule has 4 rings (SSSR count). The van der Waals surface area contributed by atoms with Gasteiger partial charge in [-0.25, -0.2) is 14.1 Å². The molecule has 4 amide bonds. The quantitative estimate of drug-likeness (QED) is 0.229. The van der Waals surface area contributed by atoms with Gasteiger partial charge in [-0.2, -0.15) is 0 Å². The fourth-order valence-electron chi connectivity index (χ4n) is 3.42. The normalized spacial score (nSPS) is 14.6. The first kappa shape index (κ1) is 24.1. The molecule has 0 unspecified atom stereocenters. The van der Waals surface area contributed by atoms with E-state index in [0.29, 0.717) is 21.8 Å². The number of amides is 4. The van der Waals surface area contributed by atoms with E-state index < -0.39 is 34.2 Å². The average molecular weight is 491 g/mol. The monoisotopic (exact) mass is 491 g/mol. The molecule has 1 fully saturated rings. The van der Waals surface area contributed by atoms with Gasteiger partial charge in [-0.15, -0.1) is 0 Å². The van der Waals surface area contributed by atoms with Crippen LogP contribution in [0.25, 0.3) is 6.08 Å². The number of methoxy groups -OCH3 is 1. The molecule has 182 valence electrons. The van der Waals surface area contributed by atoms with Crippen LogP contribution in [0.4, 0.5) is 20.6 Å². The number of nitrogens with one attached hydrogen (secondary N) is 1. The average Bonchev–Trinajstić information content (AvgIpc) is 2.86. The lowest BCUT2D eigenvalue weighted by molar-refractivity contribution is -0.384. The van der Waals surface area contributed by atoms with Crippen molar-refractivity contribution in [1.29, 1.82) is 0 Å². The Hall–Kier alpha value is -5.06. The summed E-state index contributed by atoms with van der Waals surface area (Å²) in [5, 5.41) is 13.2. The van der Waals surface area contributed by atoms with E-state index >= 15 is 0 Å². The van der Waals surface area contributed by atoms with Crippen LogP contribution in [0.2, 0.25) is 0 Å². The third-order valence-corrected chi connectivity index (χ3v) is 5.23. The Labute approximate surface area is 203 Å². The number of hydrogen-bond donors (Lipinski definition) is 1. The van der Waals surface area contributed by atoms with Gasteiger partial charge in [0.25, 0.3) is 17.5 Å². The van der Waals surface area contributed by atoms with Crippen molar-refractivity contribution in [2.24, 2.45) is 0 Å². The fraction of sp³-hybridized carbons (Fsp3) is 0.0800. The molecule has 0 radical (unpaired) electrons. The SMILES string of the molecule is COc1ccc(/C=C2\C(=O)NC(=O)N(c3cccc([N+](=O)[O-])c3)C2=O)c(OCc2ccc(F)cc2)c1. The summed E-state index contributed by atoms with van der Waals surface area (Å²) in [5.74, 6) is -1.60. The summed E-state index contributed by atoms with van der Waals surface area (Å²) in [6.07, 6.45) is 1.24. The van der Waals surface area contributed by atoms with Gasteiger partial charge in [0, 0.05) is 23.8 Å². The van der Waals surface area contributed by atoms with E-state index in [2.05, 4.69) is 5.32 Å². The molecule has 0 aromatic heterocycles. The number of imide groups is 2. The second kappa shape index (κ2) is 10.1. The maximum Gasteiger partial charge on any atom is 0.335 e. The summed E-state index contributed by atoms with van der Waals surface area (Å²) >= 11 is 0. The number of carbonyl (C=O) groups is 3. The molecule has 3 aromatic rings. The van der Waals surface area contributed by atoms with Crippen LogP contribution in [0.1, 0.15) is 11.1 Å². The van der Waals surface area contributed by atoms with Crippen LogP contribution >= 0.6 is 0 Å². The van der Waals surface area contributed by atoms with Crippen molar-refractivity contribution < 1.29 is 33.2 Å². The highest BCUT2D eigenvalue weighted by Gasteiger charge is 2.37. The molecule has 36 heavy (non-hydrogen) atoms. The molecule has 1 aliphatic heterocycles. The molecule has 1 saturated heterocycles. The zero-order chi connectivity index (χ0) is 25.8. The first-order valence-corrected chi connectivity index (χ1v) is 10.5. The number of benzene rings is 3. The highest BCUT2D eigenvalue weighted by atomic mass is 19.1. The highest BCUT2D eigenvalue weighted by molar-refractivity contribution is 6.39. The standard InChI is InChI=1S/C25H18FN3O7/c1-35-20-10-7-16(22(13-20)36-14-15-5-8-17(26)9-6-15)11-21-23(30)27-25(32)28(24(21)31)18-3-2-4-19(12-18)29(33)34/h2-13H,14H2,1H3,(H,27,30,32)/b21-11+. The third-order valence-electron chi connectivity index (χ3n) is 5.23. The zero-order valence-corrected chi connectivity index (χ0v) is 18.8. The van der Waals surface area contributed by atoms with Crippen LogP contribution in [0, 0.1) is 15.9 Å². The van der Waals surface area contributed by atoms with Gasteiger partial charge >= 0.3 is 6.03 Å². The Bertz CT molecular complexity index is 1400. The molecule has 1 aliphatic rings. The van der Waals surface area contributed by atoms with Crippen LogP contribution in [0.5, 0.6) is 11.5 Å². The minimum absolute atomic E-state index is 0.0576. The summed E-state index contributed by atoms with van der Waals surface area (Å²) in [5.41, 5.74) is 0.198. The molecule has 1 N–H and O–H groups in total. The van der Waals surface area contributed by atoms with Gasteiger partial charge in [0.2, 0.25) is 0 Å². The Balaban J connectivity index is 1.69. The van der Waals surface area contributed by atoms with Gasteiger partial charge in [-0.05, 0) is 42.0 Å². The maximum atomic E-state index is 13.2. The number of halogens is 1. The van der Waals surface area contributed by atoms with Gasteiger partial charge in [-0.3, -0.25) is 25.0 Å². The minimum atomic E-state index is -1.04. The molecule has 0 bridgehead atoms. The second-order valence-corrected chi connectivity index (χ2v) is 7.55. The van der Waals surface area contributed by atoms with E-state index in [1.807, 2.05) is 0 Å². The van der Waals surface area contributed by atoms with Crippen LogP contribution in [0.15, 0.2) is 72.3 Å². The van der Waals surface area contributed by atoms with E-state index in [-0.39, 0.29) is 23.7 Å². The summed E-state index contributed by atoms with van der Waals surface area (Å²) in [6.45, 7) is 0.0576. The molecule has 3 aromatic carbocycles. The number of urea groups is 1. The first-order valence-electron chi connectivity index (χ1n) is 10.5. The lowest BCUT2D eigenvalue weighted by atomic mass is 10.1. The fourth-order valence-corrected chi connectivity index (χ4v) is 3.42. The van der Waals surface area contributed by atoms with Crippen molar-refractivity contribution in [3.05, 3.63) is 99.4 Å². The lowest BCUT2D eigenvalue weighted by Crippen LogP contribution is -2.54. The predicted octanol–water partition coefficient (Wildman–Crippen LogP) is 3.99. The van der Waals surface area contributed by atoms with Crippen molar-refractivity contribution >= 4 is 35.3 Å². The van der Waals surface area contributed by atoms with Gasteiger partial charge < -0.3 is 9.47 Å². The molecule has 10 nitrogen and oxygen atoms in total. The summed E-state index contributed by atoms with van der Waals surface area (Å²) in [6, 6.07) is 14.2.